The van der Waals surface area contributed by atoms with Gasteiger partial charge in [-0.15, -0.1) is 0 Å². The number of benzene rings is 1. The number of carbonyl (C=O) groups is 1. The Morgan fingerprint density at radius 3 is 2.90 bits per heavy atom. The molecule has 1 aliphatic carbocycles. The van der Waals surface area contributed by atoms with E-state index in [-0.39, 0.29) is 5.91 Å². The summed E-state index contributed by atoms with van der Waals surface area (Å²) in [4.78, 5) is 12.0. The molecule has 0 spiro atoms. The molecule has 4 heteroatoms. The number of rotatable bonds is 5. The minimum atomic E-state index is -0.117. The first-order valence-electron chi connectivity index (χ1n) is 7.21. The SMILES string of the molecule is O=C(NCCSC1CCCC1)c1cc2ccccc2o1. The summed E-state index contributed by atoms with van der Waals surface area (Å²) in [5.74, 6) is 1.27. The van der Waals surface area contributed by atoms with Crippen molar-refractivity contribution >= 4 is 28.6 Å². The molecular formula is C16H19NO2S. The van der Waals surface area contributed by atoms with Crippen molar-refractivity contribution in [3.8, 4) is 0 Å². The van der Waals surface area contributed by atoms with Crippen molar-refractivity contribution < 1.29 is 9.21 Å². The minimum absolute atomic E-state index is 0.117. The third-order valence-corrected chi connectivity index (χ3v) is 5.08. The van der Waals surface area contributed by atoms with Crippen LogP contribution in [0, 0.1) is 0 Å². The maximum Gasteiger partial charge on any atom is 0.287 e. The van der Waals surface area contributed by atoms with E-state index in [1.807, 2.05) is 36.0 Å². The van der Waals surface area contributed by atoms with Crippen molar-refractivity contribution in [1.82, 2.24) is 5.32 Å². The summed E-state index contributed by atoms with van der Waals surface area (Å²) >= 11 is 1.98. The molecule has 1 aromatic carbocycles. The number of thioether (sulfide) groups is 1. The van der Waals surface area contributed by atoms with Crippen LogP contribution >= 0.6 is 11.8 Å². The van der Waals surface area contributed by atoms with Crippen LogP contribution in [-0.4, -0.2) is 23.5 Å². The third kappa shape index (κ3) is 3.18. The molecule has 0 atom stereocenters. The van der Waals surface area contributed by atoms with Gasteiger partial charge in [-0.3, -0.25) is 4.79 Å². The number of hydrogen-bond acceptors (Lipinski definition) is 3. The lowest BCUT2D eigenvalue weighted by molar-refractivity contribution is 0.0930. The van der Waals surface area contributed by atoms with Gasteiger partial charge in [-0.25, -0.2) is 0 Å². The zero-order valence-corrected chi connectivity index (χ0v) is 12.2. The van der Waals surface area contributed by atoms with Crippen molar-refractivity contribution in [1.29, 1.82) is 0 Å². The van der Waals surface area contributed by atoms with Crippen LogP contribution in [0.2, 0.25) is 0 Å². The fraction of sp³-hybridized carbons (Fsp3) is 0.438. The van der Waals surface area contributed by atoms with Crippen LogP contribution in [0.5, 0.6) is 0 Å². The summed E-state index contributed by atoms with van der Waals surface area (Å²) in [6, 6.07) is 9.48. The summed E-state index contributed by atoms with van der Waals surface area (Å²) in [6.45, 7) is 0.705. The minimum Gasteiger partial charge on any atom is -0.451 e. The van der Waals surface area contributed by atoms with Gasteiger partial charge < -0.3 is 9.73 Å². The second kappa shape index (κ2) is 6.35. The summed E-state index contributed by atoms with van der Waals surface area (Å²) in [5.41, 5.74) is 0.762. The number of para-hydroxylation sites is 1. The molecule has 0 bridgehead atoms. The maximum atomic E-state index is 12.0. The standard InChI is InChI=1S/C16H19NO2S/c18-16(17-9-10-20-13-6-2-3-7-13)15-11-12-5-1-4-8-14(12)19-15/h1,4-5,8,11,13H,2-3,6-7,9-10H2,(H,17,18). The van der Waals surface area contributed by atoms with E-state index in [1.165, 1.54) is 25.7 Å². The summed E-state index contributed by atoms with van der Waals surface area (Å²) in [7, 11) is 0. The van der Waals surface area contributed by atoms with E-state index in [0.717, 1.165) is 22.0 Å². The van der Waals surface area contributed by atoms with Crippen molar-refractivity contribution in [2.24, 2.45) is 0 Å². The monoisotopic (exact) mass is 289 g/mol. The van der Waals surface area contributed by atoms with Gasteiger partial charge in [0.1, 0.15) is 5.58 Å². The fourth-order valence-corrected chi connectivity index (χ4v) is 3.85. The quantitative estimate of drug-likeness (QED) is 0.850. The van der Waals surface area contributed by atoms with Gasteiger partial charge in [0, 0.05) is 22.9 Å². The fourth-order valence-electron chi connectivity index (χ4n) is 2.63. The Morgan fingerprint density at radius 1 is 1.30 bits per heavy atom. The number of fused-ring (bicyclic) bond motifs is 1. The molecule has 1 amide bonds. The van der Waals surface area contributed by atoms with Crippen molar-refractivity contribution in [3.63, 3.8) is 0 Å². The molecule has 2 aromatic rings. The predicted molar refractivity (Wildman–Crippen MR) is 83.3 cm³/mol. The first-order chi connectivity index (χ1) is 9.83. The predicted octanol–water partition coefficient (Wildman–Crippen LogP) is 3.84. The van der Waals surface area contributed by atoms with Crippen molar-refractivity contribution in [2.45, 2.75) is 30.9 Å². The van der Waals surface area contributed by atoms with E-state index in [1.54, 1.807) is 6.07 Å². The van der Waals surface area contributed by atoms with Gasteiger partial charge in [0.2, 0.25) is 0 Å². The Hall–Kier alpha value is -1.42. The second-order valence-electron chi connectivity index (χ2n) is 5.18. The Bertz CT molecular complexity index is 554. The van der Waals surface area contributed by atoms with Gasteiger partial charge in [-0.2, -0.15) is 11.8 Å². The average Bonchev–Trinajstić information content (AvgIpc) is 3.12. The molecule has 0 unspecified atom stereocenters. The molecule has 0 saturated heterocycles. The van der Waals surface area contributed by atoms with E-state index in [0.29, 0.717) is 12.3 Å². The topological polar surface area (TPSA) is 42.2 Å². The molecule has 1 heterocycles. The lowest BCUT2D eigenvalue weighted by Gasteiger charge is -2.08. The van der Waals surface area contributed by atoms with Crippen LogP contribution in [0.15, 0.2) is 34.7 Å². The van der Waals surface area contributed by atoms with Gasteiger partial charge in [0.25, 0.3) is 5.91 Å². The van der Waals surface area contributed by atoms with Crippen molar-refractivity contribution in [2.75, 3.05) is 12.3 Å². The molecule has 3 nitrogen and oxygen atoms in total. The van der Waals surface area contributed by atoms with Gasteiger partial charge in [0.05, 0.1) is 0 Å². The zero-order chi connectivity index (χ0) is 13.8. The van der Waals surface area contributed by atoms with Crippen LogP contribution in [-0.2, 0) is 0 Å². The smallest absolute Gasteiger partial charge is 0.287 e. The van der Waals surface area contributed by atoms with Crippen molar-refractivity contribution in [3.05, 3.63) is 36.1 Å². The molecule has 20 heavy (non-hydrogen) atoms. The molecule has 1 N–H and O–H groups in total. The van der Waals surface area contributed by atoms with Crippen LogP contribution in [0.4, 0.5) is 0 Å². The van der Waals surface area contributed by atoms with Gasteiger partial charge in [-0.1, -0.05) is 31.0 Å². The summed E-state index contributed by atoms with van der Waals surface area (Å²) < 4.78 is 5.54. The van der Waals surface area contributed by atoms with E-state index in [2.05, 4.69) is 5.32 Å². The average molecular weight is 289 g/mol. The molecule has 0 radical (unpaired) electrons. The number of nitrogens with one attached hydrogen (secondary N) is 1. The highest BCUT2D eigenvalue weighted by Gasteiger charge is 2.15. The van der Waals surface area contributed by atoms with Crippen LogP contribution in [0.25, 0.3) is 11.0 Å². The lowest BCUT2D eigenvalue weighted by atomic mass is 10.2. The first kappa shape index (κ1) is 13.6. The van der Waals surface area contributed by atoms with E-state index in [9.17, 15) is 4.79 Å². The molecular weight excluding hydrogens is 270 g/mol. The Morgan fingerprint density at radius 2 is 2.10 bits per heavy atom. The highest BCUT2D eigenvalue weighted by Crippen LogP contribution is 2.28. The first-order valence-corrected chi connectivity index (χ1v) is 8.26. The molecule has 106 valence electrons. The highest BCUT2D eigenvalue weighted by atomic mass is 32.2. The van der Waals surface area contributed by atoms with Crippen LogP contribution < -0.4 is 5.32 Å². The third-order valence-electron chi connectivity index (χ3n) is 3.69. The number of furan rings is 1. The Labute approximate surface area is 123 Å². The molecule has 1 saturated carbocycles. The van der Waals surface area contributed by atoms with Crippen LogP contribution in [0.3, 0.4) is 0 Å². The Kier molecular flexibility index (Phi) is 4.31. The zero-order valence-electron chi connectivity index (χ0n) is 11.4. The summed E-state index contributed by atoms with van der Waals surface area (Å²) in [5, 5.41) is 4.70. The largest absolute Gasteiger partial charge is 0.451 e. The van der Waals surface area contributed by atoms with Gasteiger partial charge >= 0.3 is 0 Å². The second-order valence-corrected chi connectivity index (χ2v) is 6.59. The lowest BCUT2D eigenvalue weighted by Crippen LogP contribution is -2.25. The van der Waals surface area contributed by atoms with E-state index < -0.39 is 0 Å². The number of amides is 1. The normalized spacial score (nSPS) is 15.8. The molecule has 1 aliphatic rings. The highest BCUT2D eigenvalue weighted by molar-refractivity contribution is 7.99. The molecule has 1 aromatic heterocycles. The maximum absolute atomic E-state index is 12.0. The van der Waals surface area contributed by atoms with Gasteiger partial charge in [0.15, 0.2) is 5.76 Å². The number of hydrogen-bond donors (Lipinski definition) is 1. The molecule has 1 fully saturated rings. The Balaban J connectivity index is 1.48. The van der Waals surface area contributed by atoms with E-state index in [4.69, 9.17) is 4.42 Å². The number of carbonyl (C=O) groups excluding carboxylic acids is 1. The van der Waals surface area contributed by atoms with E-state index >= 15 is 0 Å². The van der Waals surface area contributed by atoms with Crippen LogP contribution in [0.1, 0.15) is 36.2 Å². The molecule has 0 aliphatic heterocycles. The van der Waals surface area contributed by atoms with Gasteiger partial charge in [-0.05, 0) is 25.0 Å². The molecule has 3 rings (SSSR count). The summed E-state index contributed by atoms with van der Waals surface area (Å²) in [6.07, 6.45) is 5.40.